The second kappa shape index (κ2) is 5.03. The van der Waals surface area contributed by atoms with Crippen LogP contribution in [0.3, 0.4) is 0 Å². The zero-order chi connectivity index (χ0) is 14.0. The molecule has 102 valence electrons. The molecule has 0 saturated heterocycles. The highest BCUT2D eigenvalue weighted by Crippen LogP contribution is 2.51. The molecule has 19 heavy (non-hydrogen) atoms. The summed E-state index contributed by atoms with van der Waals surface area (Å²) in [6, 6.07) is 6.30. The van der Waals surface area contributed by atoms with Crippen molar-refractivity contribution in [2.75, 3.05) is 6.54 Å². The number of carboxylic acids is 1. The van der Waals surface area contributed by atoms with Crippen molar-refractivity contribution in [2.45, 2.75) is 26.7 Å². The molecule has 1 aliphatic rings. The molecule has 4 heteroatoms. The summed E-state index contributed by atoms with van der Waals surface area (Å²) >= 11 is 0. The van der Waals surface area contributed by atoms with Crippen molar-refractivity contribution in [1.82, 2.24) is 5.32 Å². The lowest BCUT2D eigenvalue weighted by Gasteiger charge is -2.20. The van der Waals surface area contributed by atoms with Crippen molar-refractivity contribution in [3.63, 3.8) is 0 Å². The number of rotatable bonds is 5. The van der Waals surface area contributed by atoms with Crippen molar-refractivity contribution < 1.29 is 14.7 Å². The van der Waals surface area contributed by atoms with Crippen LogP contribution in [0.5, 0.6) is 0 Å². The molecule has 0 spiro atoms. The Labute approximate surface area is 112 Å². The van der Waals surface area contributed by atoms with Crippen LogP contribution in [0, 0.1) is 11.3 Å². The zero-order valence-electron chi connectivity index (χ0n) is 11.3. The normalized spacial score (nSPS) is 16.2. The summed E-state index contributed by atoms with van der Waals surface area (Å²) in [4.78, 5) is 23.2. The third-order valence-electron chi connectivity index (χ3n) is 4.12. The maximum atomic E-state index is 12.1. The van der Waals surface area contributed by atoms with Crippen molar-refractivity contribution in [1.29, 1.82) is 0 Å². The first kappa shape index (κ1) is 13.6. The smallest absolute Gasteiger partial charge is 0.336 e. The highest BCUT2D eigenvalue weighted by molar-refractivity contribution is 6.04. The standard InChI is InChI=1S/C15H19NO3/c1-10(2)15(7-8-15)9-16-13(17)11-5-3-4-6-12(11)14(18)19/h3-6,10H,7-9H2,1-2H3,(H,16,17)(H,18,19). The summed E-state index contributed by atoms with van der Waals surface area (Å²) in [6.45, 7) is 4.94. The summed E-state index contributed by atoms with van der Waals surface area (Å²) in [5.74, 6) is -0.844. The Balaban J connectivity index is 2.07. The maximum Gasteiger partial charge on any atom is 0.336 e. The van der Waals surface area contributed by atoms with E-state index in [-0.39, 0.29) is 22.4 Å². The van der Waals surface area contributed by atoms with Gasteiger partial charge in [-0.15, -0.1) is 0 Å². The van der Waals surface area contributed by atoms with Crippen LogP contribution in [0.1, 0.15) is 47.4 Å². The van der Waals surface area contributed by atoms with E-state index in [2.05, 4.69) is 19.2 Å². The van der Waals surface area contributed by atoms with Gasteiger partial charge in [0.2, 0.25) is 0 Å². The molecule has 1 amide bonds. The minimum absolute atomic E-state index is 0.0504. The number of hydrogen-bond donors (Lipinski definition) is 2. The second-order valence-corrected chi connectivity index (χ2v) is 5.55. The minimum atomic E-state index is -1.07. The molecule has 1 aromatic rings. The van der Waals surface area contributed by atoms with Gasteiger partial charge in [-0.2, -0.15) is 0 Å². The maximum absolute atomic E-state index is 12.1. The molecule has 0 atom stereocenters. The molecule has 1 fully saturated rings. The van der Waals surface area contributed by atoms with Crippen LogP contribution in [-0.2, 0) is 0 Å². The molecule has 0 radical (unpaired) electrons. The van der Waals surface area contributed by atoms with E-state index in [9.17, 15) is 9.59 Å². The Morgan fingerprint density at radius 1 is 1.26 bits per heavy atom. The predicted molar refractivity (Wildman–Crippen MR) is 72.2 cm³/mol. The van der Waals surface area contributed by atoms with Gasteiger partial charge in [0, 0.05) is 6.54 Å². The number of benzene rings is 1. The van der Waals surface area contributed by atoms with E-state index in [1.807, 2.05) is 0 Å². The van der Waals surface area contributed by atoms with Gasteiger partial charge in [-0.1, -0.05) is 26.0 Å². The molecular weight excluding hydrogens is 242 g/mol. The third-order valence-corrected chi connectivity index (χ3v) is 4.12. The average Bonchev–Trinajstić information content (AvgIpc) is 3.17. The van der Waals surface area contributed by atoms with Gasteiger partial charge in [0.15, 0.2) is 0 Å². The van der Waals surface area contributed by atoms with Crippen LogP contribution in [-0.4, -0.2) is 23.5 Å². The number of carbonyl (C=O) groups is 2. The Bertz CT molecular complexity index is 504. The SMILES string of the molecule is CC(C)C1(CNC(=O)c2ccccc2C(=O)O)CC1. The molecule has 0 aliphatic heterocycles. The summed E-state index contributed by atoms with van der Waals surface area (Å²) < 4.78 is 0. The fourth-order valence-corrected chi connectivity index (χ4v) is 2.34. The largest absolute Gasteiger partial charge is 0.478 e. The molecular formula is C15H19NO3. The van der Waals surface area contributed by atoms with Crippen molar-refractivity contribution in [3.8, 4) is 0 Å². The molecule has 2 N–H and O–H groups in total. The predicted octanol–water partition coefficient (Wildman–Crippen LogP) is 2.55. The number of amides is 1. The number of nitrogens with one attached hydrogen (secondary N) is 1. The number of aromatic carboxylic acids is 1. The van der Waals surface area contributed by atoms with Crippen LogP contribution >= 0.6 is 0 Å². The van der Waals surface area contributed by atoms with E-state index in [4.69, 9.17) is 5.11 Å². The average molecular weight is 261 g/mol. The van der Waals surface area contributed by atoms with Crippen molar-refractivity contribution in [2.24, 2.45) is 11.3 Å². The lowest BCUT2D eigenvalue weighted by molar-refractivity contribution is 0.0690. The van der Waals surface area contributed by atoms with E-state index in [1.54, 1.807) is 18.2 Å². The van der Waals surface area contributed by atoms with Crippen LogP contribution < -0.4 is 5.32 Å². The van der Waals surface area contributed by atoms with E-state index < -0.39 is 5.97 Å². The quantitative estimate of drug-likeness (QED) is 0.856. The third kappa shape index (κ3) is 2.78. The Hall–Kier alpha value is -1.84. The summed E-state index contributed by atoms with van der Waals surface area (Å²) in [7, 11) is 0. The van der Waals surface area contributed by atoms with Crippen molar-refractivity contribution in [3.05, 3.63) is 35.4 Å². The summed E-state index contributed by atoms with van der Waals surface area (Å²) in [5, 5.41) is 11.9. The molecule has 2 rings (SSSR count). The molecule has 1 aliphatic carbocycles. The van der Waals surface area contributed by atoms with Gasteiger partial charge in [-0.3, -0.25) is 4.79 Å². The topological polar surface area (TPSA) is 66.4 Å². The van der Waals surface area contributed by atoms with Gasteiger partial charge in [-0.05, 0) is 36.3 Å². The second-order valence-electron chi connectivity index (χ2n) is 5.55. The van der Waals surface area contributed by atoms with Gasteiger partial charge in [-0.25, -0.2) is 4.79 Å². The fourth-order valence-electron chi connectivity index (χ4n) is 2.34. The Morgan fingerprint density at radius 3 is 2.32 bits per heavy atom. The molecule has 4 nitrogen and oxygen atoms in total. The van der Waals surface area contributed by atoms with E-state index >= 15 is 0 Å². The molecule has 0 aromatic heterocycles. The van der Waals surface area contributed by atoms with Gasteiger partial charge < -0.3 is 10.4 Å². The van der Waals surface area contributed by atoms with E-state index in [1.165, 1.54) is 6.07 Å². The summed E-state index contributed by atoms with van der Waals surface area (Å²) in [5.41, 5.74) is 0.498. The highest BCUT2D eigenvalue weighted by Gasteiger charge is 2.45. The fraction of sp³-hybridized carbons (Fsp3) is 0.467. The molecule has 0 bridgehead atoms. The number of carboxylic acid groups (broad SMARTS) is 1. The van der Waals surface area contributed by atoms with Gasteiger partial charge in [0.25, 0.3) is 5.91 Å². The molecule has 1 saturated carbocycles. The van der Waals surface area contributed by atoms with Gasteiger partial charge in [0.1, 0.15) is 0 Å². The first-order valence-electron chi connectivity index (χ1n) is 6.57. The monoisotopic (exact) mass is 261 g/mol. The van der Waals surface area contributed by atoms with Gasteiger partial charge in [0.05, 0.1) is 11.1 Å². The number of hydrogen-bond acceptors (Lipinski definition) is 2. The molecule has 0 heterocycles. The Morgan fingerprint density at radius 2 is 1.84 bits per heavy atom. The van der Waals surface area contributed by atoms with E-state index in [0.29, 0.717) is 12.5 Å². The van der Waals surface area contributed by atoms with Crippen LogP contribution in [0.25, 0.3) is 0 Å². The number of carbonyl (C=O) groups excluding carboxylic acids is 1. The van der Waals surface area contributed by atoms with Crippen LogP contribution in [0.2, 0.25) is 0 Å². The van der Waals surface area contributed by atoms with Crippen LogP contribution in [0.4, 0.5) is 0 Å². The molecule has 1 aromatic carbocycles. The first-order chi connectivity index (χ1) is 8.96. The van der Waals surface area contributed by atoms with Crippen LogP contribution in [0.15, 0.2) is 24.3 Å². The Kier molecular flexibility index (Phi) is 3.60. The summed E-state index contributed by atoms with van der Waals surface area (Å²) in [6.07, 6.45) is 2.26. The lowest BCUT2D eigenvalue weighted by atomic mass is 9.92. The van der Waals surface area contributed by atoms with Gasteiger partial charge >= 0.3 is 5.97 Å². The van der Waals surface area contributed by atoms with E-state index in [0.717, 1.165) is 12.8 Å². The zero-order valence-corrected chi connectivity index (χ0v) is 11.3. The first-order valence-corrected chi connectivity index (χ1v) is 6.57. The minimum Gasteiger partial charge on any atom is -0.478 e. The molecule has 0 unspecified atom stereocenters. The lowest BCUT2D eigenvalue weighted by Crippen LogP contribution is -2.33. The van der Waals surface area contributed by atoms with Crippen molar-refractivity contribution >= 4 is 11.9 Å². The highest BCUT2D eigenvalue weighted by atomic mass is 16.4.